The number of nitrogens with zero attached hydrogens (tertiary/aromatic N) is 1. The summed E-state index contributed by atoms with van der Waals surface area (Å²) in [5.74, 6) is -0.428. The van der Waals surface area contributed by atoms with Crippen LogP contribution in [0.5, 0.6) is 0 Å². The van der Waals surface area contributed by atoms with Gasteiger partial charge in [0.2, 0.25) is 0 Å². The molecule has 0 saturated heterocycles. The van der Waals surface area contributed by atoms with Crippen LogP contribution in [0.2, 0.25) is 5.02 Å². The lowest BCUT2D eigenvalue weighted by Gasteiger charge is -1.97. The zero-order valence-corrected chi connectivity index (χ0v) is 6.85. The number of aromatic nitrogens is 1. The molecule has 1 nitrogen and oxygen atoms in total. The molecule has 0 bridgehead atoms. The highest BCUT2D eigenvalue weighted by molar-refractivity contribution is 6.31. The van der Waals surface area contributed by atoms with Gasteiger partial charge in [-0.25, -0.2) is 4.39 Å². The molecule has 0 aliphatic heterocycles. The Hall–Kier alpha value is -1.15. The first-order valence-corrected chi connectivity index (χ1v) is 3.85. The second kappa shape index (κ2) is 2.72. The van der Waals surface area contributed by atoms with Crippen molar-refractivity contribution in [1.29, 1.82) is 0 Å². The van der Waals surface area contributed by atoms with Crippen molar-refractivity contribution in [3.8, 4) is 0 Å². The first-order chi connectivity index (χ1) is 5.77. The normalized spacial score (nSPS) is 10.5. The predicted molar refractivity (Wildman–Crippen MR) is 46.7 cm³/mol. The fraction of sp³-hybridized carbons (Fsp3) is 0. The summed E-state index contributed by atoms with van der Waals surface area (Å²) in [5, 5.41) is 0.986. The Morgan fingerprint density at radius 2 is 2.17 bits per heavy atom. The Balaban J connectivity index is 2.84. The fourth-order valence-electron chi connectivity index (χ4n) is 1.07. The van der Waals surface area contributed by atoms with E-state index in [1.165, 1.54) is 6.07 Å². The van der Waals surface area contributed by atoms with E-state index < -0.39 is 5.82 Å². The van der Waals surface area contributed by atoms with Crippen molar-refractivity contribution >= 4 is 22.5 Å². The van der Waals surface area contributed by atoms with E-state index in [0.29, 0.717) is 5.52 Å². The van der Waals surface area contributed by atoms with Gasteiger partial charge in [-0.1, -0.05) is 17.7 Å². The van der Waals surface area contributed by atoms with E-state index in [0.717, 1.165) is 5.39 Å². The summed E-state index contributed by atoms with van der Waals surface area (Å²) >= 11 is 5.58. The first-order valence-electron chi connectivity index (χ1n) is 3.47. The minimum absolute atomic E-state index is 0.135. The number of halogens is 2. The van der Waals surface area contributed by atoms with Crippen molar-refractivity contribution < 1.29 is 4.39 Å². The Morgan fingerprint density at radius 1 is 1.33 bits per heavy atom. The van der Waals surface area contributed by atoms with Crippen LogP contribution in [0.25, 0.3) is 10.9 Å². The minimum atomic E-state index is -0.428. The van der Waals surface area contributed by atoms with E-state index in [1.807, 2.05) is 6.07 Å². The third kappa shape index (κ3) is 1.14. The molecule has 0 radical (unpaired) electrons. The largest absolute Gasteiger partial charge is 0.256 e. The maximum Gasteiger partial charge on any atom is 0.143 e. The van der Waals surface area contributed by atoms with Crippen molar-refractivity contribution in [2.75, 3.05) is 0 Å². The lowest BCUT2D eigenvalue weighted by molar-refractivity contribution is 0.630. The van der Waals surface area contributed by atoms with Crippen molar-refractivity contribution in [3.63, 3.8) is 0 Å². The molecule has 2 aromatic rings. The van der Waals surface area contributed by atoms with Crippen molar-refractivity contribution in [2.24, 2.45) is 0 Å². The highest BCUT2D eigenvalue weighted by Crippen LogP contribution is 2.20. The van der Waals surface area contributed by atoms with Crippen LogP contribution in [-0.4, -0.2) is 4.98 Å². The van der Waals surface area contributed by atoms with Crippen LogP contribution in [0.3, 0.4) is 0 Å². The molecule has 0 aliphatic rings. The molecule has 0 amide bonds. The van der Waals surface area contributed by atoms with Crippen molar-refractivity contribution in [2.45, 2.75) is 0 Å². The zero-order chi connectivity index (χ0) is 8.55. The zero-order valence-electron chi connectivity index (χ0n) is 6.09. The molecule has 1 heterocycles. The second-order valence-corrected chi connectivity index (χ2v) is 2.87. The lowest BCUT2D eigenvalue weighted by Crippen LogP contribution is -1.81. The summed E-state index contributed by atoms with van der Waals surface area (Å²) in [4.78, 5) is 3.98. The van der Waals surface area contributed by atoms with E-state index >= 15 is 0 Å². The monoisotopic (exact) mass is 181 g/mol. The highest BCUT2D eigenvalue weighted by atomic mass is 35.5. The second-order valence-electron chi connectivity index (χ2n) is 2.46. The Morgan fingerprint density at radius 3 is 3.00 bits per heavy atom. The molecule has 0 saturated carbocycles. The summed E-state index contributed by atoms with van der Waals surface area (Å²) in [6.07, 6.45) is 1.62. The minimum Gasteiger partial charge on any atom is -0.256 e. The predicted octanol–water partition coefficient (Wildman–Crippen LogP) is 3.03. The standard InChI is InChI=1S/C9H5ClFN/c10-7-4-6-2-1-3-12-9(6)5-8(7)11/h1-5H. The maximum atomic E-state index is 12.9. The smallest absolute Gasteiger partial charge is 0.143 e. The number of hydrogen-bond donors (Lipinski definition) is 0. The van der Waals surface area contributed by atoms with E-state index in [4.69, 9.17) is 11.6 Å². The van der Waals surface area contributed by atoms with E-state index in [1.54, 1.807) is 18.3 Å². The number of hydrogen-bond acceptors (Lipinski definition) is 1. The van der Waals surface area contributed by atoms with Crippen LogP contribution in [0, 0.1) is 5.82 Å². The van der Waals surface area contributed by atoms with Gasteiger partial charge in [-0.3, -0.25) is 4.98 Å². The van der Waals surface area contributed by atoms with E-state index in [-0.39, 0.29) is 5.02 Å². The van der Waals surface area contributed by atoms with Gasteiger partial charge < -0.3 is 0 Å². The van der Waals surface area contributed by atoms with Gasteiger partial charge in [0.05, 0.1) is 10.5 Å². The van der Waals surface area contributed by atoms with Crippen molar-refractivity contribution in [3.05, 3.63) is 41.3 Å². The third-order valence-corrected chi connectivity index (χ3v) is 1.93. The fourth-order valence-corrected chi connectivity index (χ4v) is 1.24. The molecule has 3 heteroatoms. The summed E-state index contributed by atoms with van der Waals surface area (Å²) < 4.78 is 12.9. The molecule has 0 N–H and O–H groups in total. The molecule has 0 spiro atoms. The molecular weight excluding hydrogens is 177 g/mol. The van der Waals surface area contributed by atoms with Gasteiger partial charge in [0, 0.05) is 17.6 Å². The molecule has 0 aliphatic carbocycles. The summed E-state index contributed by atoms with van der Waals surface area (Å²) in [7, 11) is 0. The Kier molecular flexibility index (Phi) is 1.70. The van der Waals surface area contributed by atoms with Crippen LogP contribution in [0.1, 0.15) is 0 Å². The molecule has 1 aromatic carbocycles. The van der Waals surface area contributed by atoms with E-state index in [9.17, 15) is 4.39 Å². The molecule has 0 fully saturated rings. The van der Waals surface area contributed by atoms with Gasteiger partial charge in [0.25, 0.3) is 0 Å². The van der Waals surface area contributed by atoms with Crippen molar-refractivity contribution in [1.82, 2.24) is 4.98 Å². The third-order valence-electron chi connectivity index (χ3n) is 1.65. The summed E-state index contributed by atoms with van der Waals surface area (Å²) in [5.41, 5.74) is 0.624. The van der Waals surface area contributed by atoms with Gasteiger partial charge >= 0.3 is 0 Å². The number of pyridine rings is 1. The number of rotatable bonds is 0. The van der Waals surface area contributed by atoms with Crippen LogP contribution in [-0.2, 0) is 0 Å². The van der Waals surface area contributed by atoms with Gasteiger partial charge in [0.15, 0.2) is 0 Å². The molecule has 1 aromatic heterocycles. The maximum absolute atomic E-state index is 12.9. The quantitative estimate of drug-likeness (QED) is 0.609. The molecule has 12 heavy (non-hydrogen) atoms. The SMILES string of the molecule is Fc1cc2ncccc2cc1Cl. The van der Waals surface area contributed by atoms with Crippen LogP contribution < -0.4 is 0 Å². The summed E-state index contributed by atoms with van der Waals surface area (Å²) in [6, 6.07) is 6.53. The van der Waals surface area contributed by atoms with E-state index in [2.05, 4.69) is 4.98 Å². The summed E-state index contributed by atoms with van der Waals surface area (Å²) in [6.45, 7) is 0. The van der Waals surface area contributed by atoms with Crippen LogP contribution in [0.4, 0.5) is 4.39 Å². The van der Waals surface area contributed by atoms with Gasteiger partial charge in [-0.05, 0) is 12.1 Å². The molecule has 0 atom stereocenters. The molecular formula is C9H5ClFN. The molecule has 2 rings (SSSR count). The Bertz CT molecular complexity index is 387. The molecule has 60 valence electrons. The van der Waals surface area contributed by atoms with Gasteiger partial charge in [0.1, 0.15) is 5.82 Å². The topological polar surface area (TPSA) is 12.9 Å². The average Bonchev–Trinajstić information content (AvgIpc) is 2.07. The van der Waals surface area contributed by atoms with Crippen LogP contribution >= 0.6 is 11.6 Å². The van der Waals surface area contributed by atoms with Gasteiger partial charge in [-0.15, -0.1) is 0 Å². The number of fused-ring (bicyclic) bond motifs is 1. The van der Waals surface area contributed by atoms with Crippen LogP contribution in [0.15, 0.2) is 30.5 Å². The lowest BCUT2D eigenvalue weighted by atomic mass is 10.2. The van der Waals surface area contributed by atoms with Gasteiger partial charge in [-0.2, -0.15) is 0 Å². The Labute approximate surface area is 73.8 Å². The molecule has 0 unspecified atom stereocenters. The number of benzene rings is 1. The first kappa shape index (κ1) is 7.50. The average molecular weight is 182 g/mol. The highest BCUT2D eigenvalue weighted by Gasteiger charge is 2.01.